The second-order valence-electron chi connectivity index (χ2n) is 3.49. The Morgan fingerprint density at radius 2 is 2.22 bits per heavy atom. The van der Waals surface area contributed by atoms with Crippen molar-refractivity contribution in [2.45, 2.75) is 6.10 Å². The first-order valence-corrected chi connectivity index (χ1v) is 6.24. The summed E-state index contributed by atoms with van der Waals surface area (Å²) in [6.07, 6.45) is -0.228. The van der Waals surface area contributed by atoms with Gasteiger partial charge in [0.15, 0.2) is 5.75 Å². The highest BCUT2D eigenvalue weighted by atomic mass is 32.3. The lowest BCUT2D eigenvalue weighted by molar-refractivity contribution is -0.384. The number of nitrogens with zero attached hydrogens (tertiary/aromatic N) is 1. The highest BCUT2D eigenvalue weighted by Crippen LogP contribution is 2.21. The van der Waals surface area contributed by atoms with E-state index in [1.807, 2.05) is 0 Å². The standard InChI is InChI=1S/C9H9NO7S/c11-10(12)7-2-1-3-8(4-7)17-18(13,14)16-6-9-5-15-9/h1-4,9H,5-6H2. The summed E-state index contributed by atoms with van der Waals surface area (Å²) >= 11 is 0. The van der Waals surface area contributed by atoms with Gasteiger partial charge >= 0.3 is 10.4 Å². The minimum atomic E-state index is -4.23. The van der Waals surface area contributed by atoms with Crippen molar-refractivity contribution in [3.8, 4) is 5.75 Å². The number of hydrogen-bond acceptors (Lipinski definition) is 7. The molecule has 9 heteroatoms. The molecule has 0 spiro atoms. The zero-order chi connectivity index (χ0) is 13.2. The Morgan fingerprint density at radius 1 is 1.50 bits per heavy atom. The first-order valence-electron chi connectivity index (χ1n) is 4.91. The Morgan fingerprint density at radius 3 is 2.83 bits per heavy atom. The van der Waals surface area contributed by atoms with Gasteiger partial charge in [-0.1, -0.05) is 6.07 Å². The van der Waals surface area contributed by atoms with Gasteiger partial charge in [0.2, 0.25) is 0 Å². The highest BCUT2D eigenvalue weighted by molar-refractivity contribution is 7.82. The van der Waals surface area contributed by atoms with Crippen LogP contribution in [0.25, 0.3) is 0 Å². The van der Waals surface area contributed by atoms with Crippen LogP contribution < -0.4 is 4.18 Å². The van der Waals surface area contributed by atoms with Crippen molar-refractivity contribution in [3.63, 3.8) is 0 Å². The Labute approximate surface area is 103 Å². The molecule has 2 rings (SSSR count). The van der Waals surface area contributed by atoms with E-state index in [0.29, 0.717) is 6.61 Å². The van der Waals surface area contributed by atoms with Gasteiger partial charge in [-0.25, -0.2) is 4.18 Å². The molecule has 1 atom stereocenters. The van der Waals surface area contributed by atoms with Crippen LogP contribution in [-0.2, 0) is 19.3 Å². The summed E-state index contributed by atoms with van der Waals surface area (Å²) in [6.45, 7) is 0.323. The topological polar surface area (TPSA) is 108 Å². The van der Waals surface area contributed by atoms with E-state index < -0.39 is 15.3 Å². The van der Waals surface area contributed by atoms with Crippen LogP contribution in [0.2, 0.25) is 0 Å². The van der Waals surface area contributed by atoms with Crippen molar-refractivity contribution in [2.75, 3.05) is 13.2 Å². The van der Waals surface area contributed by atoms with E-state index >= 15 is 0 Å². The van der Waals surface area contributed by atoms with Crippen LogP contribution in [0.1, 0.15) is 0 Å². The Balaban J connectivity index is 2.02. The number of nitro benzene ring substituents is 1. The van der Waals surface area contributed by atoms with Gasteiger partial charge in [-0.05, 0) is 6.07 Å². The average molecular weight is 275 g/mol. The van der Waals surface area contributed by atoms with Crippen molar-refractivity contribution in [1.29, 1.82) is 0 Å². The van der Waals surface area contributed by atoms with E-state index in [2.05, 4.69) is 8.37 Å². The van der Waals surface area contributed by atoms with Crippen LogP contribution in [0.4, 0.5) is 5.69 Å². The molecule has 0 saturated carbocycles. The lowest BCUT2D eigenvalue weighted by Crippen LogP contribution is -2.16. The molecule has 1 aromatic rings. The molecule has 1 saturated heterocycles. The van der Waals surface area contributed by atoms with Gasteiger partial charge in [0, 0.05) is 6.07 Å². The fraction of sp³-hybridized carbons (Fsp3) is 0.333. The zero-order valence-corrected chi connectivity index (χ0v) is 9.83. The summed E-state index contributed by atoms with van der Waals surface area (Å²) in [5, 5.41) is 10.5. The third-order valence-corrected chi connectivity index (χ3v) is 2.85. The van der Waals surface area contributed by atoms with Gasteiger partial charge in [0.05, 0.1) is 24.2 Å². The maximum Gasteiger partial charge on any atom is 0.449 e. The minimum Gasteiger partial charge on any atom is -0.371 e. The molecule has 1 aliphatic heterocycles. The van der Waals surface area contributed by atoms with Crippen molar-refractivity contribution in [3.05, 3.63) is 34.4 Å². The Hall–Kier alpha value is -1.71. The summed E-state index contributed by atoms with van der Waals surface area (Å²) in [7, 11) is -4.23. The van der Waals surface area contributed by atoms with Crippen LogP contribution >= 0.6 is 0 Å². The molecule has 1 heterocycles. The van der Waals surface area contributed by atoms with Gasteiger partial charge in [-0.3, -0.25) is 10.1 Å². The van der Waals surface area contributed by atoms with Crippen molar-refractivity contribution in [1.82, 2.24) is 0 Å². The van der Waals surface area contributed by atoms with E-state index in [-0.39, 0.29) is 24.1 Å². The molecule has 1 aliphatic rings. The normalized spacial score (nSPS) is 18.3. The molecule has 0 aromatic heterocycles. The molecule has 0 N–H and O–H groups in total. The minimum absolute atomic E-state index is 0.128. The van der Waals surface area contributed by atoms with Crippen molar-refractivity contribution < 1.29 is 26.4 Å². The highest BCUT2D eigenvalue weighted by Gasteiger charge is 2.26. The van der Waals surface area contributed by atoms with Crippen LogP contribution in [0.15, 0.2) is 24.3 Å². The van der Waals surface area contributed by atoms with E-state index in [9.17, 15) is 18.5 Å². The second-order valence-corrected chi connectivity index (χ2v) is 4.70. The fourth-order valence-electron chi connectivity index (χ4n) is 1.11. The summed E-state index contributed by atoms with van der Waals surface area (Å²) < 4.78 is 36.5. The van der Waals surface area contributed by atoms with Crippen LogP contribution in [0.5, 0.6) is 5.75 Å². The number of hydrogen-bond donors (Lipinski definition) is 0. The number of non-ortho nitro benzene ring substituents is 1. The molecule has 98 valence electrons. The second kappa shape index (κ2) is 4.88. The number of benzene rings is 1. The van der Waals surface area contributed by atoms with Crippen LogP contribution in [0.3, 0.4) is 0 Å². The molecule has 0 radical (unpaired) electrons. The first kappa shape index (κ1) is 12.7. The Bertz CT molecular complexity index is 552. The molecule has 1 fully saturated rings. The van der Waals surface area contributed by atoms with Gasteiger partial charge in [-0.15, -0.1) is 0 Å². The molecular weight excluding hydrogens is 266 g/mol. The number of ether oxygens (including phenoxy) is 1. The quantitative estimate of drug-likeness (QED) is 0.425. The van der Waals surface area contributed by atoms with Gasteiger partial charge in [0.1, 0.15) is 6.10 Å². The maximum atomic E-state index is 11.3. The molecular formula is C9H9NO7S. The molecule has 0 aliphatic carbocycles. The summed E-state index contributed by atoms with van der Waals surface area (Å²) in [5.74, 6) is -0.180. The summed E-state index contributed by atoms with van der Waals surface area (Å²) in [6, 6.07) is 4.81. The number of rotatable bonds is 6. The number of nitro groups is 1. The molecule has 0 amide bonds. The lowest BCUT2D eigenvalue weighted by atomic mass is 10.3. The molecule has 0 bridgehead atoms. The molecule has 1 unspecified atom stereocenters. The van der Waals surface area contributed by atoms with Crippen molar-refractivity contribution >= 4 is 16.1 Å². The zero-order valence-electron chi connectivity index (χ0n) is 9.01. The SMILES string of the molecule is O=[N+]([O-])c1cccc(OS(=O)(=O)OCC2CO2)c1. The largest absolute Gasteiger partial charge is 0.449 e. The molecule has 18 heavy (non-hydrogen) atoms. The first-order chi connectivity index (χ1) is 8.46. The average Bonchev–Trinajstić information content (AvgIpc) is 3.10. The fourth-order valence-corrected chi connectivity index (χ4v) is 1.82. The summed E-state index contributed by atoms with van der Waals surface area (Å²) in [4.78, 5) is 9.84. The maximum absolute atomic E-state index is 11.3. The van der Waals surface area contributed by atoms with Crippen LogP contribution in [-0.4, -0.2) is 32.7 Å². The molecule has 8 nitrogen and oxygen atoms in total. The van der Waals surface area contributed by atoms with E-state index in [0.717, 1.165) is 6.07 Å². The predicted molar refractivity (Wildman–Crippen MR) is 58.3 cm³/mol. The number of epoxide rings is 1. The van der Waals surface area contributed by atoms with E-state index in [1.165, 1.54) is 18.2 Å². The third kappa shape index (κ3) is 3.65. The van der Waals surface area contributed by atoms with Gasteiger partial charge in [0.25, 0.3) is 5.69 Å². The van der Waals surface area contributed by atoms with Crippen LogP contribution in [0, 0.1) is 10.1 Å². The smallest absolute Gasteiger partial charge is 0.371 e. The van der Waals surface area contributed by atoms with Gasteiger partial charge < -0.3 is 8.92 Å². The lowest BCUT2D eigenvalue weighted by Gasteiger charge is -2.05. The van der Waals surface area contributed by atoms with Gasteiger partial charge in [-0.2, -0.15) is 8.42 Å². The summed E-state index contributed by atoms with van der Waals surface area (Å²) in [5.41, 5.74) is -0.270. The van der Waals surface area contributed by atoms with E-state index in [1.54, 1.807) is 0 Å². The van der Waals surface area contributed by atoms with E-state index in [4.69, 9.17) is 4.74 Å². The molecule has 1 aromatic carbocycles. The van der Waals surface area contributed by atoms with Crippen molar-refractivity contribution in [2.24, 2.45) is 0 Å². The third-order valence-electron chi connectivity index (χ3n) is 2.03. The predicted octanol–water partition coefficient (Wildman–Crippen LogP) is 0.634. The Kier molecular flexibility index (Phi) is 3.45. The monoisotopic (exact) mass is 275 g/mol.